The van der Waals surface area contributed by atoms with Gasteiger partial charge < -0.3 is 10.5 Å². The molecule has 0 aliphatic carbocycles. The largest absolute Gasteiger partial charge is 0.495 e. The number of hydrogen-bond acceptors (Lipinski definition) is 5. The van der Waals surface area contributed by atoms with E-state index < -0.39 is 10.0 Å². The van der Waals surface area contributed by atoms with Crippen molar-refractivity contribution < 1.29 is 13.2 Å². The highest BCUT2D eigenvalue weighted by atomic mass is 32.2. The molecule has 6 nitrogen and oxygen atoms in total. The lowest BCUT2D eigenvalue weighted by atomic mass is 10.1. The molecule has 2 N–H and O–H groups in total. The number of nitriles is 1. The van der Waals surface area contributed by atoms with E-state index in [9.17, 15) is 8.42 Å². The topological polar surface area (TPSA) is 96.4 Å². The number of nitrogens with two attached hydrogens (primary N) is 1. The summed E-state index contributed by atoms with van der Waals surface area (Å²) in [5, 5.41) is 8.90. The Morgan fingerprint density at radius 2 is 2.24 bits per heavy atom. The van der Waals surface area contributed by atoms with Gasteiger partial charge in [0.15, 0.2) is 0 Å². The molecule has 7 heteroatoms. The molecular weight excluding hydrogens is 290 g/mol. The third-order valence-corrected chi connectivity index (χ3v) is 5.72. The number of hydrogen-bond donors (Lipinski definition) is 1. The fraction of sp³-hybridized carbons (Fsp3) is 0.500. The first-order chi connectivity index (χ1) is 10.0. The normalized spacial score (nSPS) is 20.0. The second-order valence-electron chi connectivity index (χ2n) is 4.98. The Morgan fingerprint density at radius 3 is 2.86 bits per heavy atom. The van der Waals surface area contributed by atoms with Crippen LogP contribution < -0.4 is 10.5 Å². The lowest BCUT2D eigenvalue weighted by Gasteiger charge is -2.34. The molecule has 21 heavy (non-hydrogen) atoms. The summed E-state index contributed by atoms with van der Waals surface area (Å²) < 4.78 is 32.3. The minimum absolute atomic E-state index is 0.0874. The summed E-state index contributed by atoms with van der Waals surface area (Å²) in [6.45, 7) is 0.769. The smallest absolute Gasteiger partial charge is 0.247 e. The monoisotopic (exact) mass is 309 g/mol. The van der Waals surface area contributed by atoms with Gasteiger partial charge in [0, 0.05) is 19.1 Å². The van der Waals surface area contributed by atoms with Crippen molar-refractivity contribution in [3.63, 3.8) is 0 Å². The van der Waals surface area contributed by atoms with Crippen molar-refractivity contribution in [2.75, 3.05) is 20.2 Å². The Labute approximate surface area is 125 Å². The van der Waals surface area contributed by atoms with Crippen LogP contribution in [0.4, 0.5) is 0 Å². The minimum atomic E-state index is -3.67. The molecule has 1 aromatic rings. The third-order valence-electron chi connectivity index (χ3n) is 3.72. The third kappa shape index (κ3) is 3.02. The standard InChI is InChI=1S/C14H19N3O3S/c1-20-13-8-11(9-15)5-6-14(13)21(18,19)17-7-3-2-4-12(17)10-16/h5-6,8,12H,2-4,7,10,16H2,1H3. The average Bonchev–Trinajstić information content (AvgIpc) is 2.53. The number of ether oxygens (including phenoxy) is 1. The van der Waals surface area contributed by atoms with Gasteiger partial charge in [-0.15, -0.1) is 0 Å². The number of nitrogens with zero attached hydrogens (tertiary/aromatic N) is 2. The predicted octanol–water partition coefficient (Wildman–Crippen LogP) is 1.07. The fourth-order valence-electron chi connectivity index (χ4n) is 2.60. The van der Waals surface area contributed by atoms with Crippen molar-refractivity contribution in [3.05, 3.63) is 23.8 Å². The fourth-order valence-corrected chi connectivity index (χ4v) is 4.45. The van der Waals surface area contributed by atoms with Gasteiger partial charge in [0.2, 0.25) is 10.0 Å². The number of rotatable bonds is 4. The molecule has 1 saturated heterocycles. The lowest BCUT2D eigenvalue weighted by molar-refractivity contribution is 0.256. The van der Waals surface area contributed by atoms with Crippen LogP contribution in [0.1, 0.15) is 24.8 Å². The average molecular weight is 309 g/mol. The van der Waals surface area contributed by atoms with Gasteiger partial charge in [-0.1, -0.05) is 6.42 Å². The second-order valence-corrected chi connectivity index (χ2v) is 6.84. The van der Waals surface area contributed by atoms with Crippen LogP contribution in [0, 0.1) is 11.3 Å². The zero-order valence-corrected chi connectivity index (χ0v) is 12.8. The van der Waals surface area contributed by atoms with E-state index in [2.05, 4.69) is 0 Å². The van der Waals surface area contributed by atoms with E-state index in [0.29, 0.717) is 18.7 Å². The molecule has 0 amide bonds. The molecule has 1 aliphatic rings. The summed E-state index contributed by atoms with van der Waals surface area (Å²) in [5.74, 6) is 0.190. The van der Waals surface area contributed by atoms with Crippen molar-refractivity contribution in [3.8, 4) is 11.8 Å². The Morgan fingerprint density at radius 1 is 1.48 bits per heavy atom. The van der Waals surface area contributed by atoms with Crippen LogP contribution in [0.15, 0.2) is 23.1 Å². The van der Waals surface area contributed by atoms with Crippen molar-refractivity contribution in [1.82, 2.24) is 4.31 Å². The minimum Gasteiger partial charge on any atom is -0.495 e. The molecule has 0 aromatic heterocycles. The van der Waals surface area contributed by atoms with Crippen LogP contribution in [0.25, 0.3) is 0 Å². The molecule has 0 bridgehead atoms. The molecule has 1 fully saturated rings. The van der Waals surface area contributed by atoms with Crippen LogP contribution in [0.3, 0.4) is 0 Å². The molecule has 114 valence electrons. The molecule has 2 rings (SSSR count). The number of benzene rings is 1. The zero-order valence-electron chi connectivity index (χ0n) is 11.9. The quantitative estimate of drug-likeness (QED) is 0.897. The van der Waals surface area contributed by atoms with Gasteiger partial charge in [0.25, 0.3) is 0 Å². The van der Waals surface area contributed by atoms with E-state index >= 15 is 0 Å². The molecule has 1 aliphatic heterocycles. The summed E-state index contributed by atoms with van der Waals surface area (Å²) in [6.07, 6.45) is 2.58. The van der Waals surface area contributed by atoms with Gasteiger partial charge in [-0.2, -0.15) is 9.57 Å². The SMILES string of the molecule is COc1cc(C#N)ccc1S(=O)(=O)N1CCCCC1CN. The van der Waals surface area contributed by atoms with Crippen molar-refractivity contribution in [1.29, 1.82) is 5.26 Å². The number of piperidine rings is 1. The molecule has 0 spiro atoms. The highest BCUT2D eigenvalue weighted by Gasteiger charge is 2.34. The molecule has 0 saturated carbocycles. The Balaban J connectivity index is 2.46. The maximum Gasteiger partial charge on any atom is 0.247 e. The van der Waals surface area contributed by atoms with Gasteiger partial charge in [-0.3, -0.25) is 0 Å². The number of sulfonamides is 1. The summed E-state index contributed by atoms with van der Waals surface area (Å²) in [4.78, 5) is 0.0874. The van der Waals surface area contributed by atoms with E-state index in [1.54, 1.807) is 0 Å². The van der Waals surface area contributed by atoms with E-state index in [1.807, 2.05) is 6.07 Å². The van der Waals surface area contributed by atoms with Gasteiger partial charge in [-0.05, 0) is 31.0 Å². The molecule has 1 aromatic carbocycles. The molecule has 1 unspecified atom stereocenters. The van der Waals surface area contributed by atoms with E-state index in [1.165, 1.54) is 29.6 Å². The molecule has 0 radical (unpaired) electrons. The van der Waals surface area contributed by atoms with Crippen LogP contribution >= 0.6 is 0 Å². The summed E-state index contributed by atoms with van der Waals surface area (Å²) >= 11 is 0. The summed E-state index contributed by atoms with van der Waals surface area (Å²) in [7, 11) is -2.28. The van der Waals surface area contributed by atoms with Crippen LogP contribution in [0.5, 0.6) is 5.75 Å². The Bertz CT molecular complexity index is 652. The van der Waals surface area contributed by atoms with Crippen molar-refractivity contribution >= 4 is 10.0 Å². The highest BCUT2D eigenvalue weighted by Crippen LogP contribution is 2.31. The van der Waals surface area contributed by atoms with Crippen molar-refractivity contribution in [2.24, 2.45) is 5.73 Å². The predicted molar refractivity (Wildman–Crippen MR) is 78.3 cm³/mol. The van der Waals surface area contributed by atoms with Crippen LogP contribution in [0.2, 0.25) is 0 Å². The zero-order chi connectivity index (χ0) is 15.5. The van der Waals surface area contributed by atoms with Gasteiger partial charge in [0.1, 0.15) is 10.6 Å². The van der Waals surface area contributed by atoms with Gasteiger partial charge >= 0.3 is 0 Å². The Hall–Kier alpha value is -1.62. The second kappa shape index (κ2) is 6.43. The highest BCUT2D eigenvalue weighted by molar-refractivity contribution is 7.89. The van der Waals surface area contributed by atoms with Crippen LogP contribution in [-0.2, 0) is 10.0 Å². The van der Waals surface area contributed by atoms with Gasteiger partial charge in [0.05, 0.1) is 18.7 Å². The Kier molecular flexibility index (Phi) is 4.83. The van der Waals surface area contributed by atoms with Crippen LogP contribution in [-0.4, -0.2) is 39.0 Å². The first kappa shape index (κ1) is 15.8. The van der Waals surface area contributed by atoms with E-state index in [4.69, 9.17) is 15.7 Å². The molecular formula is C14H19N3O3S. The number of methoxy groups -OCH3 is 1. The molecule has 1 atom stereocenters. The maximum absolute atomic E-state index is 12.8. The first-order valence-corrected chi connectivity index (χ1v) is 8.28. The lowest BCUT2D eigenvalue weighted by Crippen LogP contribution is -2.47. The van der Waals surface area contributed by atoms with E-state index in [0.717, 1.165) is 19.3 Å². The summed E-state index contributed by atoms with van der Waals surface area (Å²) in [6, 6.07) is 6.14. The summed E-state index contributed by atoms with van der Waals surface area (Å²) in [5.41, 5.74) is 6.07. The van der Waals surface area contributed by atoms with Crippen molar-refractivity contribution in [2.45, 2.75) is 30.2 Å². The maximum atomic E-state index is 12.8. The van der Waals surface area contributed by atoms with Gasteiger partial charge in [-0.25, -0.2) is 8.42 Å². The van der Waals surface area contributed by atoms with E-state index in [-0.39, 0.29) is 16.7 Å². The molecule has 1 heterocycles. The first-order valence-electron chi connectivity index (χ1n) is 6.84.